The van der Waals surface area contributed by atoms with E-state index in [9.17, 15) is 20.0 Å². The van der Waals surface area contributed by atoms with Crippen LogP contribution < -0.4 is 5.11 Å². The zero-order valence-electron chi connectivity index (χ0n) is 12.5. The molecule has 0 fully saturated rings. The number of hydrogen-bond donors (Lipinski definition) is 0. The maximum atomic E-state index is 10.7. The summed E-state index contributed by atoms with van der Waals surface area (Å²) in [6.45, 7) is 5.38. The minimum atomic E-state index is -1.22. The second kappa shape index (κ2) is 8.09. The minimum Gasteiger partial charge on any atom is -0.545 e. The lowest BCUT2D eigenvalue weighted by Crippen LogP contribution is -2.19. The molecule has 1 aromatic rings. The molecule has 0 amide bonds. The Morgan fingerprint density at radius 2 is 1.95 bits per heavy atom. The second-order valence-electron chi connectivity index (χ2n) is 4.70. The molecular weight excluding hydrogens is 302 g/mol. The third-order valence-corrected chi connectivity index (χ3v) is 3.84. The molecule has 0 aliphatic rings. The molecule has 0 N–H and O–H groups in total. The fraction of sp³-hybridized carbons (Fsp3) is 0.188. The zero-order valence-corrected chi connectivity index (χ0v) is 13.3. The maximum Gasteiger partial charge on any atom is 0.324 e. The number of carboxylic acid groups (broad SMARTS) is 1. The molecule has 0 saturated carbocycles. The average molecular weight is 318 g/mol. The summed E-state index contributed by atoms with van der Waals surface area (Å²) in [4.78, 5) is 21.5. The number of hydrogen-bond acceptors (Lipinski definition) is 5. The van der Waals surface area contributed by atoms with Crippen LogP contribution in [0, 0.1) is 17.0 Å². The Hall–Kier alpha value is -2.47. The van der Waals surface area contributed by atoms with Gasteiger partial charge < -0.3 is 9.90 Å². The number of thiophene rings is 1. The molecule has 0 radical (unpaired) electrons. The third-order valence-electron chi connectivity index (χ3n) is 2.68. The van der Waals surface area contributed by atoms with Crippen LogP contribution >= 0.6 is 11.3 Å². The molecule has 0 aromatic carbocycles. The van der Waals surface area contributed by atoms with E-state index >= 15 is 0 Å². The van der Waals surface area contributed by atoms with E-state index in [-0.39, 0.29) is 5.00 Å². The first-order chi connectivity index (χ1) is 10.3. The van der Waals surface area contributed by atoms with Gasteiger partial charge in [-0.05, 0) is 44.1 Å². The molecule has 0 bridgehead atoms. The Morgan fingerprint density at radius 1 is 1.27 bits per heavy atom. The highest BCUT2D eigenvalue weighted by Gasteiger charge is 2.11. The van der Waals surface area contributed by atoms with Gasteiger partial charge in [-0.25, -0.2) is 0 Å². The van der Waals surface area contributed by atoms with Gasteiger partial charge in [0.1, 0.15) is 0 Å². The van der Waals surface area contributed by atoms with Crippen LogP contribution in [-0.4, -0.2) is 10.9 Å². The largest absolute Gasteiger partial charge is 0.545 e. The molecule has 0 aliphatic carbocycles. The predicted octanol–water partition coefficient (Wildman–Crippen LogP) is 3.18. The standard InChI is InChI=1S/C16H17NO4S/c1-11(5-4-6-12(2)9-16(18)19)7-8-14-13(3)10-15(22-14)17(20)21/h4-10H,1-3H3,(H,18,19)/p-1/b6-4+,8-7+,11-5+,12-9+. The molecule has 0 unspecified atom stereocenters. The summed E-state index contributed by atoms with van der Waals surface area (Å²) in [6.07, 6.45) is 9.91. The second-order valence-corrected chi connectivity index (χ2v) is 5.76. The molecule has 0 spiro atoms. The topological polar surface area (TPSA) is 83.3 Å². The van der Waals surface area contributed by atoms with Crippen LogP contribution in [0.25, 0.3) is 6.08 Å². The van der Waals surface area contributed by atoms with Crippen molar-refractivity contribution in [3.05, 3.63) is 68.1 Å². The van der Waals surface area contributed by atoms with Gasteiger partial charge in [0, 0.05) is 10.9 Å². The fourth-order valence-electron chi connectivity index (χ4n) is 1.58. The summed E-state index contributed by atoms with van der Waals surface area (Å²) < 4.78 is 0. The zero-order chi connectivity index (χ0) is 16.7. The van der Waals surface area contributed by atoms with E-state index in [4.69, 9.17) is 0 Å². The van der Waals surface area contributed by atoms with Gasteiger partial charge in [0.2, 0.25) is 0 Å². The van der Waals surface area contributed by atoms with Gasteiger partial charge in [0.25, 0.3) is 0 Å². The van der Waals surface area contributed by atoms with Crippen molar-refractivity contribution in [1.82, 2.24) is 0 Å². The molecule has 0 atom stereocenters. The van der Waals surface area contributed by atoms with Gasteiger partial charge in [-0.15, -0.1) is 0 Å². The number of aryl methyl sites for hydroxylation is 1. The molecule has 1 rings (SSSR count). The summed E-state index contributed by atoms with van der Waals surface area (Å²) in [5.74, 6) is -1.22. The van der Waals surface area contributed by atoms with Crippen LogP contribution in [0.2, 0.25) is 0 Å². The first kappa shape index (κ1) is 17.6. The Labute approximate surface area is 132 Å². The first-order valence-electron chi connectivity index (χ1n) is 6.46. The lowest BCUT2D eigenvalue weighted by molar-refractivity contribution is -0.380. The summed E-state index contributed by atoms with van der Waals surface area (Å²) in [7, 11) is 0. The van der Waals surface area contributed by atoms with Crippen LogP contribution in [-0.2, 0) is 4.79 Å². The van der Waals surface area contributed by atoms with Crippen molar-refractivity contribution in [2.45, 2.75) is 20.8 Å². The normalized spacial score (nSPS) is 13.2. The minimum absolute atomic E-state index is 0.127. The van der Waals surface area contributed by atoms with Crippen LogP contribution in [0.5, 0.6) is 0 Å². The Kier molecular flexibility index (Phi) is 6.47. The average Bonchev–Trinajstić information content (AvgIpc) is 2.77. The predicted molar refractivity (Wildman–Crippen MR) is 86.4 cm³/mol. The molecular formula is C16H16NO4S-. The number of carbonyl (C=O) groups excluding carboxylic acids is 1. The first-order valence-corrected chi connectivity index (χ1v) is 7.28. The molecule has 0 saturated heterocycles. The van der Waals surface area contributed by atoms with Crippen molar-refractivity contribution in [2.24, 2.45) is 0 Å². The highest BCUT2D eigenvalue weighted by Crippen LogP contribution is 2.29. The number of nitrogens with zero attached hydrogens (tertiary/aromatic N) is 1. The van der Waals surface area contributed by atoms with Crippen LogP contribution in [0.1, 0.15) is 24.3 Å². The summed E-state index contributed by atoms with van der Waals surface area (Å²) in [5, 5.41) is 21.2. The van der Waals surface area contributed by atoms with Crippen LogP contribution in [0.15, 0.2) is 47.6 Å². The monoisotopic (exact) mass is 318 g/mol. The number of aliphatic carboxylic acids is 1. The van der Waals surface area contributed by atoms with Gasteiger partial charge in [-0.3, -0.25) is 10.1 Å². The lowest BCUT2D eigenvalue weighted by atomic mass is 10.2. The number of carbonyl (C=O) groups is 1. The summed E-state index contributed by atoms with van der Waals surface area (Å²) >= 11 is 1.13. The number of allylic oxidation sites excluding steroid dienone is 6. The van der Waals surface area contributed by atoms with Crippen molar-refractivity contribution >= 4 is 28.4 Å². The van der Waals surface area contributed by atoms with E-state index in [1.54, 1.807) is 25.1 Å². The smallest absolute Gasteiger partial charge is 0.324 e. The summed E-state index contributed by atoms with van der Waals surface area (Å²) in [6, 6.07) is 1.55. The molecule has 116 valence electrons. The van der Waals surface area contributed by atoms with E-state index in [0.29, 0.717) is 5.57 Å². The number of nitro groups is 1. The third kappa shape index (κ3) is 5.88. The number of carboxylic acids is 1. The lowest BCUT2D eigenvalue weighted by Gasteiger charge is -1.94. The number of rotatable bonds is 6. The highest BCUT2D eigenvalue weighted by atomic mass is 32.1. The van der Waals surface area contributed by atoms with Gasteiger partial charge in [-0.2, -0.15) is 0 Å². The molecule has 1 aromatic heterocycles. The van der Waals surface area contributed by atoms with E-state index in [1.807, 2.05) is 32.1 Å². The SMILES string of the molecule is CC(/C=C/c1sc([N+](=O)[O-])cc1C)=C\C=C\C(C)=C\C(=O)[O-]. The highest BCUT2D eigenvalue weighted by molar-refractivity contribution is 7.16. The van der Waals surface area contributed by atoms with Crippen molar-refractivity contribution in [3.63, 3.8) is 0 Å². The molecule has 5 nitrogen and oxygen atoms in total. The van der Waals surface area contributed by atoms with Crippen molar-refractivity contribution < 1.29 is 14.8 Å². The molecule has 0 aliphatic heterocycles. The van der Waals surface area contributed by atoms with Gasteiger partial charge in [0.05, 0.1) is 10.9 Å². The van der Waals surface area contributed by atoms with Crippen molar-refractivity contribution in [3.8, 4) is 0 Å². The molecule has 1 heterocycles. The fourth-order valence-corrected chi connectivity index (χ4v) is 2.47. The Balaban J connectivity index is 2.77. The van der Waals surface area contributed by atoms with Gasteiger partial charge >= 0.3 is 5.00 Å². The van der Waals surface area contributed by atoms with E-state index in [0.717, 1.165) is 33.4 Å². The van der Waals surface area contributed by atoms with E-state index in [2.05, 4.69) is 0 Å². The maximum absolute atomic E-state index is 10.7. The van der Waals surface area contributed by atoms with Crippen molar-refractivity contribution in [2.75, 3.05) is 0 Å². The van der Waals surface area contributed by atoms with Crippen LogP contribution in [0.4, 0.5) is 5.00 Å². The van der Waals surface area contributed by atoms with E-state index < -0.39 is 10.9 Å². The van der Waals surface area contributed by atoms with Crippen LogP contribution in [0.3, 0.4) is 0 Å². The van der Waals surface area contributed by atoms with Gasteiger partial charge in [-0.1, -0.05) is 41.2 Å². The molecule has 22 heavy (non-hydrogen) atoms. The van der Waals surface area contributed by atoms with Gasteiger partial charge in [0.15, 0.2) is 0 Å². The van der Waals surface area contributed by atoms with E-state index in [1.165, 1.54) is 0 Å². The molecule has 6 heteroatoms. The summed E-state index contributed by atoms with van der Waals surface area (Å²) in [5.41, 5.74) is 2.38. The van der Waals surface area contributed by atoms with Crippen molar-refractivity contribution in [1.29, 1.82) is 0 Å². The Morgan fingerprint density at radius 3 is 2.50 bits per heavy atom. The quantitative estimate of drug-likeness (QED) is 0.349. The Bertz CT molecular complexity index is 693.